The molecule has 0 bridgehead atoms. The van der Waals surface area contributed by atoms with Crippen molar-refractivity contribution in [3.8, 4) is 56.3 Å². The first kappa shape index (κ1) is 88.9. The van der Waals surface area contributed by atoms with Gasteiger partial charge in [-0.1, -0.05) is 111 Å². The van der Waals surface area contributed by atoms with Crippen LogP contribution < -0.4 is 0 Å². The minimum absolute atomic E-state index is 0. The van der Waals surface area contributed by atoms with Gasteiger partial charge in [-0.3, -0.25) is 38.2 Å². The van der Waals surface area contributed by atoms with Gasteiger partial charge in [0.2, 0.25) is 0 Å². The number of carbonyl (C=O) groups is 2. The molecule has 12 aromatic rings. The van der Waals surface area contributed by atoms with Gasteiger partial charge in [0.1, 0.15) is 53.3 Å². The van der Waals surface area contributed by atoms with Crippen LogP contribution in [0.2, 0.25) is 0 Å². The number of aromatic carboxylic acids is 2. The van der Waals surface area contributed by atoms with Crippen LogP contribution in [0.1, 0.15) is 48.9 Å². The summed E-state index contributed by atoms with van der Waals surface area (Å²) in [4.78, 5) is 58.9. The van der Waals surface area contributed by atoms with Gasteiger partial charge in [-0.25, -0.2) is 49.7 Å². The molecule has 11 aromatic heterocycles. The maximum atomic E-state index is 13.8. The molecule has 12 rings (SSSR count). The standard InChI is InChI=1S/C13H7F2N2.3C11H7F2N2.C10H5F2N2.C6H8N2O2.C6H5NO2.5Ir/c1-8-5-6-17-11(7-8)9-3-4-10(14)13(16-2)12(9)15;3*1-7-4-5-14-9(6-7)8-2-3-10(12)15-11(8)13;11-9-5-4-7(10(12)14-9)8-3-1-2-6-13-8;1-4-3-5(6(9)10)7-8(4)2;8-6(9)5-3-1-2-4-7-5;;;;;/h4-7H,1H3;3*3-6H,1H3;1-3,5-6H;3H,1-2H3,(H,9,10);1-4H,(H,8,9);;;;;/q5*-1;;;;;;;. The van der Waals surface area contributed by atoms with Crippen LogP contribution in [0.15, 0.2) is 159 Å². The van der Waals surface area contributed by atoms with Gasteiger partial charge >= 0.3 is 11.9 Å². The van der Waals surface area contributed by atoms with Crippen molar-refractivity contribution in [3.05, 3.63) is 299 Å². The van der Waals surface area contributed by atoms with Gasteiger partial charge < -0.3 is 35.1 Å². The fourth-order valence-corrected chi connectivity index (χ4v) is 7.35. The van der Waals surface area contributed by atoms with Crippen LogP contribution in [0.3, 0.4) is 0 Å². The van der Waals surface area contributed by atoms with E-state index in [1.54, 1.807) is 111 Å². The Hall–Kier alpha value is -9.09. The summed E-state index contributed by atoms with van der Waals surface area (Å²) in [6.45, 7) is 16.0. The van der Waals surface area contributed by atoms with Crippen molar-refractivity contribution in [2.24, 2.45) is 7.05 Å². The summed E-state index contributed by atoms with van der Waals surface area (Å²) in [7, 11) is 1.71. The van der Waals surface area contributed by atoms with Crippen LogP contribution in [0.4, 0.5) is 49.6 Å². The molecular formula is C68H46F10Ir5N13O4-5. The molecule has 0 aliphatic carbocycles. The number of halogens is 10. The first-order chi connectivity index (χ1) is 45.3. The van der Waals surface area contributed by atoms with Crippen molar-refractivity contribution in [2.75, 3.05) is 0 Å². The zero-order valence-corrected chi connectivity index (χ0v) is 64.0. The van der Waals surface area contributed by atoms with E-state index in [9.17, 15) is 53.5 Å². The normalized spacial score (nSPS) is 9.55. The fraction of sp³-hybridized carbons (Fsp3) is 0.0882. The number of hydrogen-bond acceptors (Lipinski definition) is 13. The molecule has 0 fully saturated rings. The Morgan fingerprint density at radius 1 is 0.410 bits per heavy atom. The number of aryl methyl sites for hydroxylation is 6. The SMILES string of the molecule is Cc1cc(C(=O)O)nn1C.Cc1ccnc(-c2[c-]cc(F)nc2F)c1.Cc1ccnc(-c2[c-]cc(F)nc2F)c1.Cc1ccnc(-c2[c-]cc(F)nc2F)c1.Fc1c[c-]c(-c2ccccn2)c(F)n1.O=C(O)c1ccccn1.[C-]#[N+]c1c(F)c[c-]c(-c2cc(C)ccn2)c1F.[Ir].[Ir].[Ir].[Ir].[Ir]. The molecule has 0 aliphatic heterocycles. The fourth-order valence-electron chi connectivity index (χ4n) is 7.35. The van der Waals surface area contributed by atoms with E-state index in [2.05, 4.69) is 90.1 Å². The third-order valence-electron chi connectivity index (χ3n) is 11.9. The van der Waals surface area contributed by atoms with Gasteiger partial charge in [0, 0.05) is 162 Å². The van der Waals surface area contributed by atoms with Crippen LogP contribution in [-0.4, -0.2) is 81.8 Å². The molecule has 0 aliphatic rings. The molecule has 5 radical (unpaired) electrons. The summed E-state index contributed by atoms with van der Waals surface area (Å²) >= 11 is 0. The summed E-state index contributed by atoms with van der Waals surface area (Å²) in [5.41, 5.74) is 6.40. The van der Waals surface area contributed by atoms with Crippen LogP contribution in [0.5, 0.6) is 0 Å². The van der Waals surface area contributed by atoms with Crippen molar-refractivity contribution in [1.82, 2.24) is 59.6 Å². The summed E-state index contributed by atoms with van der Waals surface area (Å²) in [6.07, 6.45) is 9.16. The summed E-state index contributed by atoms with van der Waals surface area (Å²) in [5, 5.41) is 20.5. The van der Waals surface area contributed by atoms with Crippen molar-refractivity contribution < 1.29 is 164 Å². The quantitative estimate of drug-likeness (QED) is 0.0859. The third-order valence-corrected chi connectivity index (χ3v) is 11.9. The second kappa shape index (κ2) is 44.1. The number of pyridine rings is 10. The topological polar surface area (TPSA) is 226 Å². The van der Waals surface area contributed by atoms with Crippen molar-refractivity contribution in [3.63, 3.8) is 0 Å². The third kappa shape index (κ3) is 27.6. The Labute approximate surface area is 633 Å². The number of benzene rings is 1. The Balaban J connectivity index is 0.000000583. The Morgan fingerprint density at radius 3 is 0.990 bits per heavy atom. The second-order valence-corrected chi connectivity index (χ2v) is 19.1. The van der Waals surface area contributed by atoms with Crippen molar-refractivity contribution >= 4 is 17.6 Å². The van der Waals surface area contributed by atoms with Crippen LogP contribution in [-0.2, 0) is 108 Å². The Kier molecular flexibility index (Phi) is 39.2. The molecular weight excluding hydrogens is 2210 g/mol. The van der Waals surface area contributed by atoms with E-state index in [0.29, 0.717) is 28.5 Å². The molecule has 2 N–H and O–H groups in total. The van der Waals surface area contributed by atoms with Crippen molar-refractivity contribution in [1.29, 1.82) is 0 Å². The molecule has 17 nitrogen and oxygen atoms in total. The average molecular weight is 2260 g/mol. The molecule has 0 amide bonds. The molecule has 0 saturated carbocycles. The van der Waals surface area contributed by atoms with Gasteiger partial charge in [0.15, 0.2) is 11.4 Å². The molecule has 100 heavy (non-hydrogen) atoms. The Bertz CT molecular complexity index is 4430. The monoisotopic (exact) mass is 2260 g/mol. The van der Waals surface area contributed by atoms with E-state index >= 15 is 0 Å². The second-order valence-electron chi connectivity index (χ2n) is 19.1. The first-order valence-electron chi connectivity index (χ1n) is 27.1. The van der Waals surface area contributed by atoms with Gasteiger partial charge in [0.05, 0.1) is 6.57 Å². The number of hydrogen-bond donors (Lipinski definition) is 2. The average Bonchev–Trinajstić information content (AvgIpc) is 1.13. The number of carboxylic acids is 2. The van der Waals surface area contributed by atoms with Crippen LogP contribution in [0.25, 0.3) is 61.1 Å². The molecule has 1 aromatic carbocycles. The van der Waals surface area contributed by atoms with Crippen LogP contribution in [0, 0.1) is 131 Å². The van der Waals surface area contributed by atoms with E-state index in [-0.39, 0.29) is 140 Å². The molecule has 0 saturated heterocycles. The first-order valence-corrected chi connectivity index (χ1v) is 27.1. The van der Waals surface area contributed by atoms with E-state index in [4.69, 9.17) is 16.8 Å². The molecule has 0 spiro atoms. The van der Waals surface area contributed by atoms with Gasteiger partial charge in [-0.2, -0.15) is 5.10 Å². The van der Waals surface area contributed by atoms with E-state index in [0.717, 1.165) is 58.3 Å². The smallest absolute Gasteiger partial charge is 0.356 e. The van der Waals surface area contributed by atoms with E-state index < -0.39 is 76.8 Å². The predicted octanol–water partition coefficient (Wildman–Crippen LogP) is 14.7. The molecule has 527 valence electrons. The Morgan fingerprint density at radius 2 is 0.730 bits per heavy atom. The van der Waals surface area contributed by atoms with E-state index in [1.807, 2.05) is 27.7 Å². The molecule has 32 heteroatoms. The van der Waals surface area contributed by atoms with Crippen LogP contribution >= 0.6 is 0 Å². The number of carboxylic acid groups (broad SMARTS) is 2. The molecule has 0 atom stereocenters. The largest absolute Gasteiger partial charge is 0.477 e. The summed E-state index contributed by atoms with van der Waals surface area (Å²) in [6, 6.07) is 42.4. The van der Waals surface area contributed by atoms with Gasteiger partial charge in [-0.05, 0) is 112 Å². The number of rotatable bonds is 7. The van der Waals surface area contributed by atoms with E-state index in [1.165, 1.54) is 35.4 Å². The minimum Gasteiger partial charge on any atom is -0.477 e. The molecule has 11 heterocycles. The summed E-state index contributed by atoms with van der Waals surface area (Å²) in [5.74, 6) is -10.9. The maximum Gasteiger partial charge on any atom is 0.356 e. The van der Waals surface area contributed by atoms with Gasteiger partial charge in [0.25, 0.3) is 0 Å². The predicted molar refractivity (Wildman–Crippen MR) is 325 cm³/mol. The summed E-state index contributed by atoms with van der Waals surface area (Å²) < 4.78 is 131. The molecule has 0 unspecified atom stereocenters. The van der Waals surface area contributed by atoms with Gasteiger partial charge in [-0.15, -0.1) is 42.0 Å². The zero-order valence-electron chi connectivity index (χ0n) is 52.0. The zero-order chi connectivity index (χ0) is 69.3. The minimum atomic E-state index is -0.990. The maximum absolute atomic E-state index is 13.8. The number of nitrogens with zero attached hydrogens (tertiary/aromatic N) is 13. The van der Waals surface area contributed by atoms with Crippen molar-refractivity contribution in [2.45, 2.75) is 34.6 Å². The number of aromatic nitrogens is 12.